The van der Waals surface area contributed by atoms with E-state index in [2.05, 4.69) is 30.6 Å². The van der Waals surface area contributed by atoms with Crippen LogP contribution in [0.25, 0.3) is 32.0 Å². The highest BCUT2D eigenvalue weighted by atomic mass is 32.1. The number of rotatable bonds is 9. The first kappa shape index (κ1) is 34.4. The normalized spacial score (nSPS) is 17.8. The van der Waals surface area contributed by atoms with Gasteiger partial charge in [0.15, 0.2) is 11.3 Å². The van der Waals surface area contributed by atoms with Crippen molar-refractivity contribution < 1.29 is 44.7 Å². The number of hydrogen-bond donors (Lipinski definition) is 3. The van der Waals surface area contributed by atoms with Crippen LogP contribution in [0.3, 0.4) is 0 Å². The summed E-state index contributed by atoms with van der Waals surface area (Å²) in [6.07, 6.45) is -2.53. The van der Waals surface area contributed by atoms with E-state index in [4.69, 9.17) is 5.73 Å². The van der Waals surface area contributed by atoms with E-state index in [1.54, 1.807) is 12.3 Å². The standard InChI is InChI=1S/C34H22F8N8O2S/c35-16-3-13(4-17(36)7-16)5-23(46-25(51)12-50-29-26(28(49-50)34(40,41)42)19-8-21(19)33(29,38)39)27-18(14-1-2-22(37)20(6-14)30(43)52)9-24-31(47-27)48-32(53-24)15-10-44-45-11-15/h1-4,6-7,9-11,19,21,23H,5,8,12H2,(H2,43,52)(H,44,45)(H,46,51)/t19-,21?,23-/m0/s1. The summed E-state index contributed by atoms with van der Waals surface area (Å²) < 4.78 is 117. The predicted molar refractivity (Wildman–Crippen MR) is 172 cm³/mol. The molecule has 6 aromatic rings. The van der Waals surface area contributed by atoms with Crippen molar-refractivity contribution in [2.75, 3.05) is 0 Å². The highest BCUT2D eigenvalue weighted by Gasteiger charge is 2.68. The first-order valence-corrected chi connectivity index (χ1v) is 16.6. The molecule has 2 aliphatic carbocycles. The van der Waals surface area contributed by atoms with E-state index in [0.29, 0.717) is 26.0 Å². The van der Waals surface area contributed by atoms with Gasteiger partial charge >= 0.3 is 6.18 Å². The second-order valence-electron chi connectivity index (χ2n) is 12.7. The van der Waals surface area contributed by atoms with Crippen LogP contribution >= 0.6 is 11.3 Å². The first-order chi connectivity index (χ1) is 25.1. The van der Waals surface area contributed by atoms with Gasteiger partial charge in [0.1, 0.15) is 34.7 Å². The molecule has 0 radical (unpaired) electrons. The average Bonchev–Trinajstić information content (AvgIpc) is 3.38. The van der Waals surface area contributed by atoms with Crippen LogP contribution in [-0.2, 0) is 29.9 Å². The van der Waals surface area contributed by atoms with Crippen molar-refractivity contribution in [3.05, 3.63) is 106 Å². The van der Waals surface area contributed by atoms with Gasteiger partial charge < -0.3 is 11.1 Å². The quantitative estimate of drug-likeness (QED) is 0.139. The third-order valence-electron chi connectivity index (χ3n) is 9.22. The van der Waals surface area contributed by atoms with Crippen LogP contribution in [0, 0.1) is 23.4 Å². The topological polar surface area (TPSA) is 144 Å². The van der Waals surface area contributed by atoms with Gasteiger partial charge in [-0.1, -0.05) is 6.07 Å². The summed E-state index contributed by atoms with van der Waals surface area (Å²) >= 11 is 1.18. The number of pyridine rings is 1. The molecule has 2 amide bonds. The Bertz CT molecular complexity index is 2440. The van der Waals surface area contributed by atoms with E-state index in [1.807, 2.05) is 0 Å². The van der Waals surface area contributed by atoms with Gasteiger partial charge in [0.2, 0.25) is 5.91 Å². The molecule has 4 aromatic heterocycles. The van der Waals surface area contributed by atoms with Gasteiger partial charge in [-0.15, -0.1) is 11.3 Å². The highest BCUT2D eigenvalue weighted by molar-refractivity contribution is 7.21. The molecule has 4 N–H and O–H groups in total. The van der Waals surface area contributed by atoms with Gasteiger partial charge in [-0.2, -0.15) is 32.1 Å². The lowest BCUT2D eigenvalue weighted by Crippen LogP contribution is -2.35. The zero-order valence-corrected chi connectivity index (χ0v) is 27.4. The maximum absolute atomic E-state index is 15.3. The minimum atomic E-state index is -5.07. The molecule has 1 fully saturated rings. The molecule has 0 saturated heterocycles. The van der Waals surface area contributed by atoms with Crippen molar-refractivity contribution in [3.8, 4) is 21.7 Å². The number of amides is 2. The summed E-state index contributed by atoms with van der Waals surface area (Å²) in [6, 6.07) is 6.19. The Morgan fingerprint density at radius 1 is 1.06 bits per heavy atom. The minimum Gasteiger partial charge on any atom is -0.366 e. The molecule has 0 spiro atoms. The molecule has 0 aliphatic heterocycles. The Labute approximate surface area is 296 Å². The molecule has 8 rings (SSSR count). The van der Waals surface area contributed by atoms with E-state index < -0.39 is 88.3 Å². The van der Waals surface area contributed by atoms with Crippen LogP contribution in [0.15, 0.2) is 54.9 Å². The van der Waals surface area contributed by atoms with Crippen LogP contribution < -0.4 is 11.1 Å². The maximum atomic E-state index is 15.3. The van der Waals surface area contributed by atoms with Crippen LogP contribution in [0.4, 0.5) is 35.1 Å². The number of nitrogens with one attached hydrogen (secondary N) is 2. The molecule has 2 aliphatic rings. The fourth-order valence-electron chi connectivity index (χ4n) is 6.90. The number of aromatic nitrogens is 6. The summed E-state index contributed by atoms with van der Waals surface area (Å²) in [7, 11) is 0. The molecule has 53 heavy (non-hydrogen) atoms. The van der Waals surface area contributed by atoms with Gasteiger partial charge in [0.05, 0.1) is 28.2 Å². The molecule has 4 heterocycles. The summed E-state index contributed by atoms with van der Waals surface area (Å²) in [5.41, 5.74) is 2.82. The summed E-state index contributed by atoms with van der Waals surface area (Å²) in [5.74, 6) is -11.1. The smallest absolute Gasteiger partial charge is 0.366 e. The van der Waals surface area contributed by atoms with Gasteiger partial charge in [-0.05, 0) is 60.2 Å². The van der Waals surface area contributed by atoms with Crippen LogP contribution in [0.5, 0.6) is 0 Å². The van der Waals surface area contributed by atoms with Crippen LogP contribution in [0.2, 0.25) is 0 Å². The van der Waals surface area contributed by atoms with Crippen molar-refractivity contribution in [3.63, 3.8) is 0 Å². The lowest BCUT2D eigenvalue weighted by atomic mass is 9.94. The Hall–Kier alpha value is -5.72. The van der Waals surface area contributed by atoms with Gasteiger partial charge in [0, 0.05) is 34.9 Å². The van der Waals surface area contributed by atoms with Gasteiger partial charge in [0.25, 0.3) is 11.8 Å². The number of thiazole rings is 1. The number of halogens is 8. The molecular weight excluding hydrogens is 736 g/mol. The molecule has 1 unspecified atom stereocenters. The molecule has 10 nitrogen and oxygen atoms in total. The molecule has 1 saturated carbocycles. The highest BCUT2D eigenvalue weighted by Crippen LogP contribution is 2.68. The van der Waals surface area contributed by atoms with Crippen LogP contribution in [0.1, 0.15) is 56.9 Å². The van der Waals surface area contributed by atoms with E-state index >= 15 is 8.78 Å². The molecule has 272 valence electrons. The number of fused-ring (bicyclic) bond motifs is 4. The molecule has 2 aromatic carbocycles. The van der Waals surface area contributed by atoms with E-state index in [-0.39, 0.29) is 40.9 Å². The number of H-pyrrole nitrogens is 1. The van der Waals surface area contributed by atoms with Gasteiger partial charge in [-0.25, -0.2) is 23.1 Å². The van der Waals surface area contributed by atoms with Crippen LogP contribution in [-0.4, -0.2) is 41.8 Å². The fourth-order valence-corrected chi connectivity index (χ4v) is 7.83. The predicted octanol–water partition coefficient (Wildman–Crippen LogP) is 6.79. The third-order valence-corrected chi connectivity index (χ3v) is 10.3. The maximum Gasteiger partial charge on any atom is 0.435 e. The Balaban J connectivity index is 1.25. The average molecular weight is 759 g/mol. The number of carbonyl (C=O) groups is 2. The molecular formula is C34H22F8N8O2S. The number of primary amides is 1. The van der Waals surface area contributed by atoms with Crippen molar-refractivity contribution >= 4 is 33.5 Å². The fraction of sp³-hybridized carbons (Fsp3) is 0.235. The number of nitrogens with two attached hydrogens (primary N) is 1. The lowest BCUT2D eigenvalue weighted by molar-refractivity contribution is -0.142. The minimum absolute atomic E-state index is 0.000835. The number of aromatic amines is 1. The summed E-state index contributed by atoms with van der Waals surface area (Å²) in [4.78, 5) is 35.1. The third kappa shape index (κ3) is 6.07. The molecule has 0 bridgehead atoms. The largest absolute Gasteiger partial charge is 0.435 e. The van der Waals surface area contributed by atoms with Crippen molar-refractivity contribution in [2.24, 2.45) is 11.7 Å². The monoisotopic (exact) mass is 758 g/mol. The van der Waals surface area contributed by atoms with Crippen molar-refractivity contribution in [1.29, 1.82) is 0 Å². The number of carbonyl (C=O) groups excluding carboxylic acids is 2. The molecule has 19 heteroatoms. The summed E-state index contributed by atoms with van der Waals surface area (Å²) in [6.45, 7) is -1.08. The summed E-state index contributed by atoms with van der Waals surface area (Å²) in [5, 5.41) is 13.0. The zero-order valence-electron chi connectivity index (χ0n) is 26.6. The first-order valence-electron chi connectivity index (χ1n) is 15.8. The van der Waals surface area contributed by atoms with Crippen molar-refractivity contribution in [1.82, 2.24) is 35.3 Å². The number of benzene rings is 2. The number of hydrogen-bond acceptors (Lipinski definition) is 7. The number of alkyl halides is 5. The van der Waals surface area contributed by atoms with Crippen molar-refractivity contribution in [2.45, 2.75) is 43.4 Å². The van der Waals surface area contributed by atoms with E-state index in [1.165, 1.54) is 23.6 Å². The zero-order chi connectivity index (χ0) is 37.6. The Morgan fingerprint density at radius 2 is 1.81 bits per heavy atom. The second kappa shape index (κ2) is 12.2. The number of nitrogens with zero attached hydrogens (tertiary/aromatic N) is 5. The Kier molecular flexibility index (Phi) is 7.90. The lowest BCUT2D eigenvalue weighted by Gasteiger charge is -2.23. The SMILES string of the molecule is NC(=O)c1cc(-c2cc3sc(-c4cn[nH]c4)nc3nc2[C@H](Cc2cc(F)cc(F)c2)NC(=O)Cn2nc(C(F)(F)F)c3c2C(F)(F)C2C[C@H]32)ccc1F. The van der Waals surface area contributed by atoms with E-state index in [9.17, 15) is 35.9 Å². The second-order valence-corrected chi connectivity index (χ2v) is 13.8. The molecule has 3 atom stereocenters. The van der Waals surface area contributed by atoms with Gasteiger partial charge in [-0.3, -0.25) is 19.4 Å². The Morgan fingerprint density at radius 3 is 2.49 bits per heavy atom. The van der Waals surface area contributed by atoms with E-state index in [0.717, 1.165) is 24.3 Å².